The number of carbonyl (C=O) groups is 1. The number of nitrogens with zero attached hydrogens (tertiary/aromatic N) is 9. The molecule has 0 bridgehead atoms. The van der Waals surface area contributed by atoms with Gasteiger partial charge >= 0.3 is 0 Å². The van der Waals surface area contributed by atoms with Gasteiger partial charge in [0.1, 0.15) is 23.3 Å². The largest absolute Gasteiger partial charge is 0.389 e. The molecule has 4 aromatic rings. The average Bonchev–Trinajstić information content (AvgIpc) is 3.37. The normalized spacial score (nSPS) is 16.0. The summed E-state index contributed by atoms with van der Waals surface area (Å²) in [6, 6.07) is 11.8. The molecule has 216 valence electrons. The highest BCUT2D eigenvalue weighted by atomic mass is 19.1. The zero-order chi connectivity index (χ0) is 29.4. The number of halogens is 1. The number of hydrogen-bond acceptors (Lipinski definition) is 9. The minimum absolute atomic E-state index is 0.0624. The summed E-state index contributed by atoms with van der Waals surface area (Å²) in [6.45, 7) is 6.22. The molecule has 2 fully saturated rings. The van der Waals surface area contributed by atoms with E-state index in [2.05, 4.69) is 22.8 Å². The Morgan fingerprint density at radius 2 is 1.95 bits per heavy atom. The number of aromatic nitrogens is 4. The van der Waals surface area contributed by atoms with Crippen LogP contribution in [-0.4, -0.2) is 99.1 Å². The molecule has 2 aliphatic rings. The molecule has 42 heavy (non-hydrogen) atoms. The first-order valence-corrected chi connectivity index (χ1v) is 14.1. The number of fused-ring (bicyclic) bond motifs is 1. The van der Waals surface area contributed by atoms with Crippen molar-refractivity contribution in [3.63, 3.8) is 0 Å². The van der Waals surface area contributed by atoms with Crippen LogP contribution in [0.4, 0.5) is 21.8 Å². The number of benzene rings is 1. The van der Waals surface area contributed by atoms with E-state index in [-0.39, 0.29) is 11.5 Å². The van der Waals surface area contributed by atoms with Crippen molar-refractivity contribution >= 4 is 29.0 Å². The van der Waals surface area contributed by atoms with Crippen molar-refractivity contribution in [2.24, 2.45) is 0 Å². The molecule has 6 rings (SSSR count). The van der Waals surface area contributed by atoms with Crippen molar-refractivity contribution < 1.29 is 14.3 Å². The van der Waals surface area contributed by atoms with Crippen LogP contribution in [-0.2, 0) is 11.2 Å². The van der Waals surface area contributed by atoms with Gasteiger partial charge in [0.2, 0.25) is 5.91 Å². The maximum absolute atomic E-state index is 13.7. The van der Waals surface area contributed by atoms with E-state index in [1.54, 1.807) is 17.2 Å². The van der Waals surface area contributed by atoms with E-state index in [0.717, 1.165) is 49.2 Å². The fraction of sp³-hybridized carbons (Fsp3) is 0.367. The van der Waals surface area contributed by atoms with E-state index in [1.807, 2.05) is 40.7 Å². The lowest BCUT2D eigenvalue weighted by atomic mass is 10.0. The van der Waals surface area contributed by atoms with Crippen molar-refractivity contribution in [2.75, 3.05) is 62.7 Å². The van der Waals surface area contributed by atoms with Gasteiger partial charge in [0.25, 0.3) is 0 Å². The molecule has 3 aromatic heterocycles. The minimum Gasteiger partial charge on any atom is -0.389 e. The number of hydrogen-bond donors (Lipinski definition) is 1. The van der Waals surface area contributed by atoms with E-state index < -0.39 is 11.9 Å². The van der Waals surface area contributed by atoms with Gasteiger partial charge in [-0.3, -0.25) is 14.1 Å². The van der Waals surface area contributed by atoms with Crippen molar-refractivity contribution in [3.05, 3.63) is 65.9 Å². The fourth-order valence-corrected chi connectivity index (χ4v) is 5.52. The molecule has 12 heteroatoms. The second-order valence-electron chi connectivity index (χ2n) is 10.7. The smallest absolute Gasteiger partial charge is 0.236 e. The third kappa shape index (κ3) is 5.24. The summed E-state index contributed by atoms with van der Waals surface area (Å²) in [5.41, 5.74) is 2.98. The molecular formula is C30H32FN9O2. The molecule has 11 nitrogen and oxygen atoms in total. The molecule has 0 saturated carbocycles. The Balaban J connectivity index is 1.24. The Hall–Kier alpha value is -4.60. The van der Waals surface area contributed by atoms with Gasteiger partial charge < -0.3 is 19.8 Å². The standard InChI is InChI=1S/C30H32FN9O2/c1-3-24-30(36(2)26-6-4-5-25(35-26)23-8-7-21(31)13-20(23)14-32)40-18-28(33-15-27(40)34-24)38-11-9-37(10-12-38)19-29(42)39-16-22(41)17-39/h4-8,13,15,18,22,41H,3,9-12,16-17,19H2,1-2H3. The van der Waals surface area contributed by atoms with Gasteiger partial charge in [-0.15, -0.1) is 0 Å². The number of rotatable bonds is 7. The Kier molecular flexibility index (Phi) is 7.45. The summed E-state index contributed by atoms with van der Waals surface area (Å²) in [4.78, 5) is 34.8. The monoisotopic (exact) mass is 569 g/mol. The second kappa shape index (κ2) is 11.3. The summed E-state index contributed by atoms with van der Waals surface area (Å²) in [6.07, 6.45) is 4.08. The number of aryl methyl sites for hydroxylation is 1. The van der Waals surface area contributed by atoms with Crippen molar-refractivity contribution in [1.29, 1.82) is 5.26 Å². The molecule has 1 aromatic carbocycles. The highest BCUT2D eigenvalue weighted by Crippen LogP contribution is 2.31. The first kappa shape index (κ1) is 27.6. The number of aliphatic hydroxyl groups excluding tert-OH is 1. The van der Waals surface area contributed by atoms with E-state index in [0.29, 0.717) is 43.1 Å². The molecule has 0 radical (unpaired) electrons. The van der Waals surface area contributed by atoms with Crippen LogP contribution >= 0.6 is 0 Å². The number of likely N-dealkylation sites (tertiary alicyclic amines) is 1. The average molecular weight is 570 g/mol. The zero-order valence-corrected chi connectivity index (χ0v) is 23.6. The lowest BCUT2D eigenvalue weighted by Crippen LogP contribution is -2.57. The van der Waals surface area contributed by atoms with Crippen LogP contribution in [0.15, 0.2) is 48.8 Å². The van der Waals surface area contributed by atoms with Crippen molar-refractivity contribution in [1.82, 2.24) is 29.2 Å². The number of aliphatic hydroxyl groups is 1. The number of β-amino-alcohol motifs (C(OH)–C–C–N with tert-alkyl or cyclic N) is 1. The van der Waals surface area contributed by atoms with Crippen LogP contribution < -0.4 is 9.80 Å². The number of imidazole rings is 1. The Labute approximate surface area is 243 Å². The Morgan fingerprint density at radius 1 is 1.17 bits per heavy atom. The molecular weight excluding hydrogens is 537 g/mol. The maximum Gasteiger partial charge on any atom is 0.236 e. The van der Waals surface area contributed by atoms with Gasteiger partial charge in [-0.2, -0.15) is 5.26 Å². The van der Waals surface area contributed by atoms with Gasteiger partial charge in [0, 0.05) is 51.9 Å². The number of anilines is 3. The van der Waals surface area contributed by atoms with E-state index in [1.165, 1.54) is 12.1 Å². The van der Waals surface area contributed by atoms with Crippen LogP contribution in [0, 0.1) is 17.1 Å². The molecule has 1 N–H and O–H groups in total. The van der Waals surface area contributed by atoms with Crippen LogP contribution in [0.5, 0.6) is 0 Å². The highest BCUT2D eigenvalue weighted by Gasteiger charge is 2.30. The molecule has 0 unspecified atom stereocenters. The third-order valence-electron chi connectivity index (χ3n) is 7.92. The number of piperazine rings is 1. The summed E-state index contributed by atoms with van der Waals surface area (Å²) in [5.74, 6) is 1.94. The van der Waals surface area contributed by atoms with Crippen LogP contribution in [0.3, 0.4) is 0 Å². The van der Waals surface area contributed by atoms with Gasteiger partial charge in [0.15, 0.2) is 5.65 Å². The van der Waals surface area contributed by atoms with Gasteiger partial charge in [-0.25, -0.2) is 19.3 Å². The number of amides is 1. The molecule has 2 aliphatic heterocycles. The van der Waals surface area contributed by atoms with Crippen LogP contribution in [0.2, 0.25) is 0 Å². The van der Waals surface area contributed by atoms with Crippen LogP contribution in [0.25, 0.3) is 16.9 Å². The molecule has 2 saturated heterocycles. The summed E-state index contributed by atoms with van der Waals surface area (Å²) < 4.78 is 15.8. The Bertz CT molecular complexity index is 1670. The van der Waals surface area contributed by atoms with E-state index in [4.69, 9.17) is 15.0 Å². The minimum atomic E-state index is -0.464. The lowest BCUT2D eigenvalue weighted by Gasteiger charge is -2.39. The van der Waals surface area contributed by atoms with Gasteiger partial charge in [0.05, 0.1) is 48.1 Å². The molecule has 0 spiro atoms. The third-order valence-corrected chi connectivity index (χ3v) is 7.92. The zero-order valence-electron chi connectivity index (χ0n) is 23.6. The van der Waals surface area contributed by atoms with Crippen LogP contribution in [0.1, 0.15) is 18.2 Å². The van der Waals surface area contributed by atoms with E-state index in [9.17, 15) is 19.6 Å². The predicted octanol–water partition coefficient (Wildman–Crippen LogP) is 2.46. The van der Waals surface area contributed by atoms with E-state index >= 15 is 0 Å². The SMILES string of the molecule is CCc1nc2cnc(N3CCN(CC(=O)N4CC(O)C4)CC3)cn2c1N(C)c1cccc(-c2ccc(F)cc2C#N)n1. The Morgan fingerprint density at radius 3 is 2.67 bits per heavy atom. The number of carbonyl (C=O) groups excluding carboxylic acids is 1. The number of pyridine rings is 1. The summed E-state index contributed by atoms with van der Waals surface area (Å²) >= 11 is 0. The first-order chi connectivity index (χ1) is 20.3. The summed E-state index contributed by atoms with van der Waals surface area (Å²) in [7, 11) is 1.93. The van der Waals surface area contributed by atoms with Crippen molar-refractivity contribution in [2.45, 2.75) is 19.4 Å². The predicted molar refractivity (Wildman–Crippen MR) is 156 cm³/mol. The second-order valence-corrected chi connectivity index (χ2v) is 10.7. The summed E-state index contributed by atoms with van der Waals surface area (Å²) in [5, 5.41) is 19.0. The molecule has 5 heterocycles. The topological polar surface area (TPSA) is 117 Å². The molecule has 1 amide bonds. The maximum atomic E-state index is 13.7. The molecule has 0 atom stereocenters. The van der Waals surface area contributed by atoms with Gasteiger partial charge in [-0.1, -0.05) is 13.0 Å². The molecule has 0 aliphatic carbocycles. The fourth-order valence-electron chi connectivity index (χ4n) is 5.52. The number of nitriles is 1. The quantitative estimate of drug-likeness (QED) is 0.358. The lowest BCUT2D eigenvalue weighted by molar-refractivity contribution is -0.142. The highest BCUT2D eigenvalue weighted by molar-refractivity contribution is 5.79. The first-order valence-electron chi connectivity index (χ1n) is 14.1. The van der Waals surface area contributed by atoms with Gasteiger partial charge in [-0.05, 0) is 36.8 Å². The van der Waals surface area contributed by atoms with Crippen molar-refractivity contribution in [3.8, 4) is 17.3 Å².